The van der Waals surface area contributed by atoms with Crippen molar-refractivity contribution >= 4 is 11.4 Å². The van der Waals surface area contributed by atoms with Crippen LogP contribution in [-0.4, -0.2) is 12.0 Å². The van der Waals surface area contributed by atoms with Crippen molar-refractivity contribution in [1.82, 2.24) is 0 Å². The molecule has 0 spiro atoms. The number of anilines is 1. The fraction of sp³-hybridized carbons (Fsp3) is 0.133. The van der Waals surface area contributed by atoms with Crippen LogP contribution in [0.5, 0.6) is 0 Å². The molecule has 0 amide bonds. The lowest BCUT2D eigenvalue weighted by atomic mass is 10.1. The number of benzene rings is 2. The number of halogens is 1. The Morgan fingerprint density at radius 2 is 1.95 bits per heavy atom. The third-order valence-electron chi connectivity index (χ3n) is 3.08. The van der Waals surface area contributed by atoms with Gasteiger partial charge in [0.15, 0.2) is 0 Å². The molecule has 0 bridgehead atoms. The molecule has 0 aliphatic rings. The monoisotopic (exact) mass is 285 g/mol. The zero-order valence-corrected chi connectivity index (χ0v) is 11.3. The molecule has 0 saturated heterocycles. The minimum absolute atomic E-state index is 0.114. The smallest absolute Gasteiger partial charge is 0.274 e. The van der Waals surface area contributed by atoms with E-state index in [-0.39, 0.29) is 12.2 Å². The molecule has 0 radical (unpaired) electrons. The third kappa shape index (κ3) is 3.34. The molecule has 0 aliphatic carbocycles. The fourth-order valence-electron chi connectivity index (χ4n) is 2.00. The number of hydrogen-bond donors (Lipinski definition) is 0. The molecule has 0 heterocycles. The van der Waals surface area contributed by atoms with Crippen LogP contribution in [0.1, 0.15) is 11.1 Å². The van der Waals surface area contributed by atoms with Crippen LogP contribution < -0.4 is 4.90 Å². The van der Waals surface area contributed by atoms with Gasteiger partial charge < -0.3 is 4.90 Å². The second-order valence-electron chi connectivity index (χ2n) is 4.54. The number of nitro benzene ring substituents is 1. The van der Waals surface area contributed by atoms with Gasteiger partial charge in [-0.05, 0) is 36.4 Å². The first-order valence-electron chi connectivity index (χ1n) is 6.15. The molecule has 6 heteroatoms. The van der Waals surface area contributed by atoms with E-state index in [1.165, 1.54) is 0 Å². The summed E-state index contributed by atoms with van der Waals surface area (Å²) in [4.78, 5) is 12.2. The quantitative estimate of drug-likeness (QED) is 0.638. The zero-order valence-electron chi connectivity index (χ0n) is 11.3. The van der Waals surface area contributed by atoms with E-state index >= 15 is 0 Å². The van der Waals surface area contributed by atoms with Crippen LogP contribution in [-0.2, 0) is 6.54 Å². The lowest BCUT2D eigenvalue weighted by Gasteiger charge is -2.19. The maximum absolute atomic E-state index is 13.3. The Bertz CT molecular complexity index is 708. The summed E-state index contributed by atoms with van der Waals surface area (Å²) in [6.45, 7) is 0.194. The molecular weight excluding hydrogens is 273 g/mol. The van der Waals surface area contributed by atoms with Gasteiger partial charge in [0.25, 0.3) is 5.69 Å². The summed E-state index contributed by atoms with van der Waals surface area (Å²) in [6.07, 6.45) is 0. The highest BCUT2D eigenvalue weighted by molar-refractivity contribution is 5.51. The average Bonchev–Trinajstić information content (AvgIpc) is 2.47. The molecule has 0 aliphatic heterocycles. The van der Waals surface area contributed by atoms with Gasteiger partial charge in [-0.25, -0.2) is 4.39 Å². The standard InChI is InChI=1S/C15H12FN3O2/c1-18(14-5-2-11(9-17)3-6-14)10-12-8-13(16)4-7-15(12)19(20)21/h2-8H,10H2,1H3. The molecule has 0 fully saturated rings. The predicted molar refractivity (Wildman–Crippen MR) is 76.3 cm³/mol. The van der Waals surface area contributed by atoms with E-state index in [1.807, 2.05) is 6.07 Å². The van der Waals surface area contributed by atoms with Crippen molar-refractivity contribution in [3.63, 3.8) is 0 Å². The summed E-state index contributed by atoms with van der Waals surface area (Å²) in [5.41, 5.74) is 1.50. The van der Waals surface area contributed by atoms with E-state index in [4.69, 9.17) is 5.26 Å². The molecule has 0 saturated carbocycles. The second kappa shape index (κ2) is 6.01. The largest absolute Gasteiger partial charge is 0.370 e. The van der Waals surface area contributed by atoms with E-state index in [0.29, 0.717) is 11.1 Å². The van der Waals surface area contributed by atoms with Gasteiger partial charge >= 0.3 is 0 Å². The Balaban J connectivity index is 2.26. The van der Waals surface area contributed by atoms with Gasteiger partial charge in [0.2, 0.25) is 0 Å². The highest BCUT2D eigenvalue weighted by Gasteiger charge is 2.16. The summed E-state index contributed by atoms with van der Waals surface area (Å²) < 4.78 is 13.3. The molecule has 0 aromatic heterocycles. The van der Waals surface area contributed by atoms with Gasteiger partial charge in [-0.3, -0.25) is 10.1 Å². The fourth-order valence-corrected chi connectivity index (χ4v) is 2.00. The minimum Gasteiger partial charge on any atom is -0.370 e. The maximum atomic E-state index is 13.3. The maximum Gasteiger partial charge on any atom is 0.274 e. The molecule has 2 aromatic carbocycles. The van der Waals surface area contributed by atoms with Crippen LogP contribution in [0.2, 0.25) is 0 Å². The summed E-state index contributed by atoms with van der Waals surface area (Å²) in [7, 11) is 1.75. The first kappa shape index (κ1) is 14.5. The number of nitrogens with zero attached hydrogens (tertiary/aromatic N) is 3. The van der Waals surface area contributed by atoms with Crippen molar-refractivity contribution < 1.29 is 9.31 Å². The molecule has 21 heavy (non-hydrogen) atoms. The van der Waals surface area contributed by atoms with Crippen molar-refractivity contribution in [1.29, 1.82) is 5.26 Å². The first-order chi connectivity index (χ1) is 10.0. The SMILES string of the molecule is CN(Cc1cc(F)ccc1[N+](=O)[O-])c1ccc(C#N)cc1. The van der Waals surface area contributed by atoms with E-state index in [1.54, 1.807) is 36.2 Å². The minimum atomic E-state index is -0.526. The molecule has 0 N–H and O–H groups in total. The van der Waals surface area contributed by atoms with Gasteiger partial charge in [0, 0.05) is 25.3 Å². The normalized spacial score (nSPS) is 9.95. The van der Waals surface area contributed by atoms with Crippen molar-refractivity contribution in [2.24, 2.45) is 0 Å². The number of nitriles is 1. The molecule has 5 nitrogen and oxygen atoms in total. The molecule has 0 unspecified atom stereocenters. The van der Waals surface area contributed by atoms with Crippen molar-refractivity contribution in [3.05, 3.63) is 69.5 Å². The van der Waals surface area contributed by atoms with Crippen LogP contribution in [0.4, 0.5) is 15.8 Å². The Morgan fingerprint density at radius 1 is 1.29 bits per heavy atom. The Morgan fingerprint density at radius 3 is 2.52 bits per heavy atom. The van der Waals surface area contributed by atoms with Gasteiger partial charge in [-0.2, -0.15) is 5.26 Å². The van der Waals surface area contributed by atoms with Crippen molar-refractivity contribution in [3.8, 4) is 6.07 Å². The number of rotatable bonds is 4. The first-order valence-corrected chi connectivity index (χ1v) is 6.15. The van der Waals surface area contributed by atoms with Crippen molar-refractivity contribution in [2.45, 2.75) is 6.54 Å². The lowest BCUT2D eigenvalue weighted by molar-refractivity contribution is -0.385. The molecule has 0 atom stereocenters. The molecule has 2 rings (SSSR count). The number of nitro groups is 1. The predicted octanol–water partition coefficient (Wildman–Crippen LogP) is 3.24. The highest BCUT2D eigenvalue weighted by atomic mass is 19.1. The Hall–Kier alpha value is -2.94. The summed E-state index contributed by atoms with van der Waals surface area (Å²) in [5, 5.41) is 19.7. The molecule has 2 aromatic rings. The molecular formula is C15H12FN3O2. The topological polar surface area (TPSA) is 70.2 Å². The number of hydrogen-bond acceptors (Lipinski definition) is 4. The van der Waals surface area contributed by atoms with Crippen LogP contribution in [0.15, 0.2) is 42.5 Å². The third-order valence-corrected chi connectivity index (χ3v) is 3.08. The lowest BCUT2D eigenvalue weighted by Crippen LogP contribution is -2.17. The van der Waals surface area contributed by atoms with Crippen LogP contribution in [0.3, 0.4) is 0 Å². The Kier molecular flexibility index (Phi) is 4.14. The second-order valence-corrected chi connectivity index (χ2v) is 4.54. The van der Waals surface area contributed by atoms with Crippen LogP contribution in [0.25, 0.3) is 0 Å². The van der Waals surface area contributed by atoms with Crippen LogP contribution >= 0.6 is 0 Å². The Labute approximate surface area is 121 Å². The van der Waals surface area contributed by atoms with E-state index in [0.717, 1.165) is 23.9 Å². The average molecular weight is 285 g/mol. The van der Waals surface area contributed by atoms with E-state index in [2.05, 4.69) is 0 Å². The summed E-state index contributed by atoms with van der Waals surface area (Å²) >= 11 is 0. The van der Waals surface area contributed by atoms with E-state index in [9.17, 15) is 14.5 Å². The highest BCUT2D eigenvalue weighted by Crippen LogP contribution is 2.23. The van der Waals surface area contributed by atoms with Gasteiger partial charge in [-0.1, -0.05) is 0 Å². The molecule has 106 valence electrons. The van der Waals surface area contributed by atoms with Gasteiger partial charge in [0.05, 0.1) is 22.1 Å². The summed E-state index contributed by atoms with van der Waals surface area (Å²) in [6, 6.07) is 12.2. The van der Waals surface area contributed by atoms with Gasteiger partial charge in [-0.15, -0.1) is 0 Å². The van der Waals surface area contributed by atoms with Gasteiger partial charge in [0.1, 0.15) is 5.82 Å². The van der Waals surface area contributed by atoms with Crippen LogP contribution in [0, 0.1) is 27.3 Å². The summed E-state index contributed by atoms with van der Waals surface area (Å²) in [5.74, 6) is -0.510. The van der Waals surface area contributed by atoms with Crippen molar-refractivity contribution in [2.75, 3.05) is 11.9 Å². The zero-order chi connectivity index (χ0) is 15.4. The van der Waals surface area contributed by atoms with E-state index < -0.39 is 10.7 Å².